The molecule has 0 saturated carbocycles. The molecule has 27 heavy (non-hydrogen) atoms. The highest BCUT2D eigenvalue weighted by molar-refractivity contribution is 5.96. The molecule has 1 N–H and O–H groups in total. The Bertz CT molecular complexity index is 968. The van der Waals surface area contributed by atoms with E-state index >= 15 is 0 Å². The van der Waals surface area contributed by atoms with Crippen molar-refractivity contribution in [1.29, 1.82) is 0 Å². The lowest BCUT2D eigenvalue weighted by Gasteiger charge is -2.23. The highest BCUT2D eigenvalue weighted by atomic mass is 16.5. The van der Waals surface area contributed by atoms with E-state index in [1.807, 2.05) is 42.2 Å². The number of aromatic nitrogens is 3. The Balaban J connectivity index is 1.64. The Hall–Kier alpha value is -3.22. The lowest BCUT2D eigenvalue weighted by atomic mass is 10.1. The van der Waals surface area contributed by atoms with Crippen molar-refractivity contribution < 1.29 is 9.32 Å². The fourth-order valence-electron chi connectivity index (χ4n) is 3.56. The van der Waals surface area contributed by atoms with Crippen molar-refractivity contribution in [3.63, 3.8) is 0 Å². The van der Waals surface area contributed by atoms with Crippen LogP contribution in [-0.2, 0) is 0 Å². The van der Waals surface area contributed by atoms with E-state index in [4.69, 9.17) is 4.52 Å². The molecule has 3 aromatic rings. The van der Waals surface area contributed by atoms with Crippen LogP contribution in [0.2, 0.25) is 0 Å². The number of carbonyl (C=O) groups excluding carboxylic acids is 1. The average Bonchev–Trinajstić information content (AvgIpc) is 3.36. The summed E-state index contributed by atoms with van der Waals surface area (Å²) in [4.78, 5) is 23.8. The molecule has 4 rings (SSSR count). The Morgan fingerprint density at radius 2 is 2.11 bits per heavy atom. The third-order valence-corrected chi connectivity index (χ3v) is 4.82. The largest absolute Gasteiger partial charge is 0.371 e. The van der Waals surface area contributed by atoms with Gasteiger partial charge in [0.25, 0.3) is 5.91 Å². The van der Waals surface area contributed by atoms with Crippen LogP contribution in [0, 0.1) is 6.92 Å². The van der Waals surface area contributed by atoms with Crippen molar-refractivity contribution in [2.24, 2.45) is 0 Å². The van der Waals surface area contributed by atoms with Crippen LogP contribution in [0.25, 0.3) is 11.3 Å². The predicted octanol–water partition coefficient (Wildman–Crippen LogP) is 3.46. The van der Waals surface area contributed by atoms with Gasteiger partial charge in [-0.15, -0.1) is 0 Å². The van der Waals surface area contributed by atoms with Gasteiger partial charge in [0.2, 0.25) is 0 Å². The summed E-state index contributed by atoms with van der Waals surface area (Å²) in [7, 11) is 1.80. The summed E-state index contributed by atoms with van der Waals surface area (Å²) >= 11 is 0. The summed E-state index contributed by atoms with van der Waals surface area (Å²) in [5.74, 6) is 1.43. The minimum atomic E-state index is -0.0389. The Morgan fingerprint density at radius 3 is 2.89 bits per heavy atom. The van der Waals surface area contributed by atoms with Crippen LogP contribution in [0.3, 0.4) is 0 Å². The number of nitrogens with zero attached hydrogens (tertiary/aromatic N) is 4. The van der Waals surface area contributed by atoms with Crippen molar-refractivity contribution in [2.45, 2.75) is 25.8 Å². The molecule has 2 aromatic heterocycles. The van der Waals surface area contributed by atoms with Crippen molar-refractivity contribution in [2.75, 3.05) is 18.9 Å². The number of aryl methyl sites for hydroxylation is 1. The maximum atomic E-state index is 13.2. The van der Waals surface area contributed by atoms with E-state index in [1.54, 1.807) is 19.4 Å². The van der Waals surface area contributed by atoms with E-state index in [0.717, 1.165) is 35.6 Å². The maximum Gasteiger partial charge on any atom is 0.254 e. The van der Waals surface area contributed by atoms with Crippen LogP contribution in [0.1, 0.15) is 40.7 Å². The number of nitrogens with one attached hydrogen (secondary N) is 1. The lowest BCUT2D eigenvalue weighted by molar-refractivity contribution is 0.0731. The Labute approximate surface area is 157 Å². The number of likely N-dealkylation sites (tertiary alicyclic amines) is 1. The van der Waals surface area contributed by atoms with Gasteiger partial charge in [0.15, 0.2) is 5.82 Å². The summed E-state index contributed by atoms with van der Waals surface area (Å²) in [5, 5.41) is 7.16. The van der Waals surface area contributed by atoms with Crippen molar-refractivity contribution in [1.82, 2.24) is 20.0 Å². The molecule has 1 fully saturated rings. The Kier molecular flexibility index (Phi) is 4.58. The zero-order chi connectivity index (χ0) is 18.8. The molecule has 1 aliphatic heterocycles. The minimum absolute atomic E-state index is 0.00472. The van der Waals surface area contributed by atoms with E-state index in [0.29, 0.717) is 17.9 Å². The second-order valence-corrected chi connectivity index (χ2v) is 6.60. The first-order chi connectivity index (χ1) is 13.2. The minimum Gasteiger partial charge on any atom is -0.371 e. The van der Waals surface area contributed by atoms with Gasteiger partial charge in [0.1, 0.15) is 17.1 Å². The first-order valence-corrected chi connectivity index (χ1v) is 9.01. The SMILES string of the molecule is CNc1nccnc1-c1cccc(C(=O)N2CCC[C@H]2c2cc(C)on2)c1. The van der Waals surface area contributed by atoms with Gasteiger partial charge in [-0.1, -0.05) is 17.3 Å². The second-order valence-electron chi connectivity index (χ2n) is 6.60. The van der Waals surface area contributed by atoms with E-state index in [-0.39, 0.29) is 11.9 Å². The van der Waals surface area contributed by atoms with Gasteiger partial charge in [-0.25, -0.2) is 4.98 Å². The molecule has 7 heteroatoms. The summed E-state index contributed by atoms with van der Waals surface area (Å²) in [5.41, 5.74) is 3.03. The van der Waals surface area contributed by atoms with Crippen LogP contribution in [0.4, 0.5) is 5.82 Å². The molecule has 1 aliphatic rings. The molecule has 1 aromatic carbocycles. The number of amides is 1. The zero-order valence-corrected chi connectivity index (χ0v) is 15.3. The van der Waals surface area contributed by atoms with E-state index in [1.165, 1.54) is 0 Å². The van der Waals surface area contributed by atoms with Gasteiger partial charge in [0, 0.05) is 43.2 Å². The number of benzene rings is 1. The summed E-state index contributed by atoms with van der Waals surface area (Å²) in [6.45, 7) is 2.58. The highest BCUT2D eigenvalue weighted by Crippen LogP contribution is 2.33. The van der Waals surface area contributed by atoms with Crippen molar-refractivity contribution in [3.8, 4) is 11.3 Å². The summed E-state index contributed by atoms with van der Waals surface area (Å²) < 4.78 is 5.20. The molecule has 1 atom stereocenters. The third-order valence-electron chi connectivity index (χ3n) is 4.82. The molecule has 1 saturated heterocycles. The third kappa shape index (κ3) is 3.28. The summed E-state index contributed by atoms with van der Waals surface area (Å²) in [6.07, 6.45) is 5.13. The fraction of sp³-hybridized carbons (Fsp3) is 0.300. The molecule has 1 amide bonds. The first kappa shape index (κ1) is 17.2. The molecule has 0 unspecified atom stereocenters. The van der Waals surface area contributed by atoms with Gasteiger partial charge in [-0.2, -0.15) is 0 Å². The van der Waals surface area contributed by atoms with E-state index in [2.05, 4.69) is 20.4 Å². The van der Waals surface area contributed by atoms with Crippen LogP contribution >= 0.6 is 0 Å². The van der Waals surface area contributed by atoms with Crippen LogP contribution in [0.15, 0.2) is 47.2 Å². The normalized spacial score (nSPS) is 16.5. The molecular formula is C20H21N5O2. The van der Waals surface area contributed by atoms with Gasteiger partial charge in [0.05, 0.1) is 6.04 Å². The van der Waals surface area contributed by atoms with Gasteiger partial charge < -0.3 is 14.7 Å². The first-order valence-electron chi connectivity index (χ1n) is 9.01. The van der Waals surface area contributed by atoms with Crippen LogP contribution in [0.5, 0.6) is 0 Å². The van der Waals surface area contributed by atoms with Crippen LogP contribution in [-0.4, -0.2) is 39.5 Å². The summed E-state index contributed by atoms with van der Waals surface area (Å²) in [6, 6.07) is 9.39. The smallest absolute Gasteiger partial charge is 0.254 e. The predicted molar refractivity (Wildman–Crippen MR) is 101 cm³/mol. The molecule has 0 radical (unpaired) electrons. The molecular weight excluding hydrogens is 342 g/mol. The molecule has 138 valence electrons. The monoisotopic (exact) mass is 363 g/mol. The maximum absolute atomic E-state index is 13.2. The number of hydrogen-bond donors (Lipinski definition) is 1. The van der Waals surface area contributed by atoms with Crippen molar-refractivity contribution in [3.05, 3.63) is 59.7 Å². The quantitative estimate of drug-likeness (QED) is 0.764. The highest BCUT2D eigenvalue weighted by Gasteiger charge is 2.32. The van der Waals surface area contributed by atoms with Crippen LogP contribution < -0.4 is 5.32 Å². The lowest BCUT2D eigenvalue weighted by Crippen LogP contribution is -2.30. The number of carbonyl (C=O) groups is 1. The van der Waals surface area contributed by atoms with E-state index in [9.17, 15) is 4.79 Å². The molecule has 0 spiro atoms. The van der Waals surface area contributed by atoms with E-state index < -0.39 is 0 Å². The van der Waals surface area contributed by atoms with Gasteiger partial charge >= 0.3 is 0 Å². The zero-order valence-electron chi connectivity index (χ0n) is 15.3. The fourth-order valence-corrected chi connectivity index (χ4v) is 3.56. The second kappa shape index (κ2) is 7.19. The Morgan fingerprint density at radius 1 is 1.26 bits per heavy atom. The molecule has 0 aliphatic carbocycles. The molecule has 3 heterocycles. The number of rotatable bonds is 4. The topological polar surface area (TPSA) is 84.2 Å². The standard InChI is InChI=1S/C20H21N5O2/c1-13-11-16(24-27-13)17-7-4-10-25(17)20(26)15-6-3-5-14(12-15)18-19(21-2)23-9-8-22-18/h3,5-6,8-9,11-12,17H,4,7,10H2,1-2H3,(H,21,23)/t17-/m0/s1. The van der Waals surface area contributed by atoms with Gasteiger partial charge in [-0.05, 0) is 31.9 Å². The molecule has 7 nitrogen and oxygen atoms in total. The number of hydrogen-bond acceptors (Lipinski definition) is 6. The number of anilines is 1. The molecule has 0 bridgehead atoms. The van der Waals surface area contributed by atoms with Crippen molar-refractivity contribution >= 4 is 11.7 Å². The van der Waals surface area contributed by atoms with Gasteiger partial charge in [-0.3, -0.25) is 9.78 Å². The average molecular weight is 363 g/mol.